The average molecular weight is 325 g/mol. The molecule has 0 bridgehead atoms. The normalized spacial score (nSPS) is 11.7. The van der Waals surface area contributed by atoms with Crippen molar-refractivity contribution in [2.24, 2.45) is 0 Å². The highest BCUT2D eigenvalue weighted by Crippen LogP contribution is 2.20. The van der Waals surface area contributed by atoms with Crippen LogP contribution in [0.15, 0.2) is 42.6 Å². The average Bonchev–Trinajstić information content (AvgIpc) is 2.48. The summed E-state index contributed by atoms with van der Waals surface area (Å²) in [6.07, 6.45) is 1.23. The lowest BCUT2D eigenvalue weighted by Crippen LogP contribution is -2.33. The Labute approximate surface area is 130 Å². The standard InChI is InChI=1S/C14H10Cl2N2O3/c15-10-6-9(7-17-12(10)16)13(19)18-11(14(20)21)8-4-2-1-3-5-8/h1-7,11H,(H,18,19)(H,20,21). The van der Waals surface area contributed by atoms with Crippen molar-refractivity contribution in [1.82, 2.24) is 10.3 Å². The van der Waals surface area contributed by atoms with Gasteiger partial charge in [0.25, 0.3) is 5.91 Å². The fourth-order valence-corrected chi connectivity index (χ4v) is 1.96. The molecule has 21 heavy (non-hydrogen) atoms. The smallest absolute Gasteiger partial charge is 0.330 e. The molecule has 0 saturated heterocycles. The first-order chi connectivity index (χ1) is 9.99. The van der Waals surface area contributed by atoms with Gasteiger partial charge in [0.1, 0.15) is 5.15 Å². The first kappa shape index (κ1) is 15.3. The van der Waals surface area contributed by atoms with Gasteiger partial charge in [-0.2, -0.15) is 0 Å². The Morgan fingerprint density at radius 3 is 2.43 bits per heavy atom. The molecule has 2 rings (SSSR count). The molecule has 0 fully saturated rings. The fraction of sp³-hybridized carbons (Fsp3) is 0.0714. The number of halogens is 2. The summed E-state index contributed by atoms with van der Waals surface area (Å²) in [7, 11) is 0. The number of aromatic nitrogens is 1. The molecule has 1 aromatic carbocycles. The van der Waals surface area contributed by atoms with Crippen LogP contribution in [0.25, 0.3) is 0 Å². The molecule has 1 atom stereocenters. The molecular formula is C14H10Cl2N2O3. The van der Waals surface area contributed by atoms with E-state index in [1.54, 1.807) is 30.3 Å². The largest absolute Gasteiger partial charge is 0.479 e. The quantitative estimate of drug-likeness (QED) is 0.847. The number of amides is 1. The van der Waals surface area contributed by atoms with Crippen LogP contribution >= 0.6 is 23.2 Å². The molecule has 1 aromatic heterocycles. The summed E-state index contributed by atoms with van der Waals surface area (Å²) in [4.78, 5) is 27.1. The molecule has 1 unspecified atom stereocenters. The highest BCUT2D eigenvalue weighted by molar-refractivity contribution is 6.41. The molecule has 7 heteroatoms. The number of nitrogens with one attached hydrogen (secondary N) is 1. The number of carbonyl (C=O) groups excluding carboxylic acids is 1. The molecule has 0 aliphatic carbocycles. The molecule has 108 valence electrons. The van der Waals surface area contributed by atoms with E-state index in [-0.39, 0.29) is 15.7 Å². The van der Waals surface area contributed by atoms with Crippen LogP contribution in [0.1, 0.15) is 22.0 Å². The second-order valence-electron chi connectivity index (χ2n) is 4.15. The number of carbonyl (C=O) groups is 2. The molecule has 0 aliphatic rings. The number of hydrogen-bond acceptors (Lipinski definition) is 3. The van der Waals surface area contributed by atoms with E-state index in [0.29, 0.717) is 5.56 Å². The van der Waals surface area contributed by atoms with Crippen molar-refractivity contribution in [3.8, 4) is 0 Å². The molecule has 2 N–H and O–H groups in total. The summed E-state index contributed by atoms with van der Waals surface area (Å²) in [6.45, 7) is 0. The van der Waals surface area contributed by atoms with E-state index in [1.807, 2.05) is 0 Å². The zero-order valence-corrected chi connectivity index (χ0v) is 12.1. The second kappa shape index (κ2) is 6.56. The fourth-order valence-electron chi connectivity index (χ4n) is 1.69. The van der Waals surface area contributed by atoms with Gasteiger partial charge >= 0.3 is 5.97 Å². The zero-order valence-electron chi connectivity index (χ0n) is 10.6. The third-order valence-corrected chi connectivity index (χ3v) is 3.40. The van der Waals surface area contributed by atoms with Gasteiger partial charge in [-0.25, -0.2) is 9.78 Å². The Morgan fingerprint density at radius 2 is 1.86 bits per heavy atom. The van der Waals surface area contributed by atoms with Crippen molar-refractivity contribution in [3.05, 3.63) is 63.9 Å². The number of aliphatic carboxylic acids is 1. The monoisotopic (exact) mass is 324 g/mol. The number of carboxylic acids is 1. The van der Waals surface area contributed by atoms with Crippen LogP contribution in [0.4, 0.5) is 0 Å². The van der Waals surface area contributed by atoms with Gasteiger partial charge in [0.2, 0.25) is 0 Å². The van der Waals surface area contributed by atoms with Crippen LogP contribution in [-0.2, 0) is 4.79 Å². The molecule has 1 heterocycles. The number of carboxylic acid groups (broad SMARTS) is 1. The lowest BCUT2D eigenvalue weighted by molar-refractivity contribution is -0.139. The number of hydrogen-bond donors (Lipinski definition) is 2. The predicted octanol–water partition coefficient (Wildman–Crippen LogP) is 2.94. The van der Waals surface area contributed by atoms with E-state index < -0.39 is 17.9 Å². The van der Waals surface area contributed by atoms with Crippen LogP contribution in [-0.4, -0.2) is 22.0 Å². The number of rotatable bonds is 4. The molecule has 0 spiro atoms. The van der Waals surface area contributed by atoms with Crippen molar-refractivity contribution < 1.29 is 14.7 Å². The second-order valence-corrected chi connectivity index (χ2v) is 4.92. The molecule has 2 aromatic rings. The van der Waals surface area contributed by atoms with Crippen LogP contribution < -0.4 is 5.32 Å². The number of benzene rings is 1. The zero-order chi connectivity index (χ0) is 15.4. The van der Waals surface area contributed by atoms with Crippen LogP contribution in [0.5, 0.6) is 0 Å². The van der Waals surface area contributed by atoms with E-state index >= 15 is 0 Å². The minimum atomic E-state index is -1.16. The lowest BCUT2D eigenvalue weighted by Gasteiger charge is -2.15. The van der Waals surface area contributed by atoms with Gasteiger partial charge in [0.15, 0.2) is 6.04 Å². The van der Waals surface area contributed by atoms with Crippen molar-refractivity contribution in [2.45, 2.75) is 6.04 Å². The first-order valence-electron chi connectivity index (χ1n) is 5.88. The highest BCUT2D eigenvalue weighted by atomic mass is 35.5. The predicted molar refractivity (Wildman–Crippen MR) is 78.5 cm³/mol. The first-order valence-corrected chi connectivity index (χ1v) is 6.64. The van der Waals surface area contributed by atoms with Crippen molar-refractivity contribution in [3.63, 3.8) is 0 Å². The topological polar surface area (TPSA) is 79.3 Å². The Bertz CT molecular complexity index is 677. The van der Waals surface area contributed by atoms with Gasteiger partial charge < -0.3 is 10.4 Å². The van der Waals surface area contributed by atoms with Gasteiger partial charge in [-0.1, -0.05) is 53.5 Å². The summed E-state index contributed by atoms with van der Waals surface area (Å²) in [5.74, 6) is -1.76. The van der Waals surface area contributed by atoms with Crippen LogP contribution in [0.3, 0.4) is 0 Å². The molecular weight excluding hydrogens is 315 g/mol. The lowest BCUT2D eigenvalue weighted by atomic mass is 10.1. The summed E-state index contributed by atoms with van der Waals surface area (Å²) >= 11 is 11.5. The SMILES string of the molecule is O=C(NC(C(=O)O)c1ccccc1)c1cnc(Cl)c(Cl)c1. The third kappa shape index (κ3) is 3.71. The Kier molecular flexibility index (Phi) is 4.77. The summed E-state index contributed by atoms with van der Waals surface area (Å²) in [5, 5.41) is 11.9. The van der Waals surface area contributed by atoms with Gasteiger partial charge in [-0.3, -0.25) is 4.79 Å². The molecule has 0 saturated carbocycles. The maximum atomic E-state index is 12.1. The summed E-state index contributed by atoms with van der Waals surface area (Å²) in [6, 6.07) is 8.55. The summed E-state index contributed by atoms with van der Waals surface area (Å²) < 4.78 is 0. The van der Waals surface area contributed by atoms with Crippen molar-refractivity contribution in [1.29, 1.82) is 0 Å². The van der Waals surface area contributed by atoms with E-state index in [9.17, 15) is 14.7 Å². The van der Waals surface area contributed by atoms with E-state index in [1.165, 1.54) is 12.3 Å². The van der Waals surface area contributed by atoms with Gasteiger partial charge in [0.05, 0.1) is 10.6 Å². The number of nitrogens with zero attached hydrogens (tertiary/aromatic N) is 1. The van der Waals surface area contributed by atoms with Gasteiger partial charge in [-0.05, 0) is 11.6 Å². The minimum absolute atomic E-state index is 0.0751. The van der Waals surface area contributed by atoms with Crippen molar-refractivity contribution >= 4 is 35.1 Å². The molecule has 1 amide bonds. The van der Waals surface area contributed by atoms with Crippen LogP contribution in [0.2, 0.25) is 10.2 Å². The van der Waals surface area contributed by atoms with Gasteiger partial charge in [0, 0.05) is 6.20 Å². The highest BCUT2D eigenvalue weighted by Gasteiger charge is 2.22. The van der Waals surface area contributed by atoms with Gasteiger partial charge in [-0.15, -0.1) is 0 Å². The maximum Gasteiger partial charge on any atom is 0.330 e. The summed E-state index contributed by atoms with van der Waals surface area (Å²) in [5.41, 5.74) is 0.595. The van der Waals surface area contributed by atoms with E-state index in [0.717, 1.165) is 0 Å². The van der Waals surface area contributed by atoms with E-state index in [4.69, 9.17) is 23.2 Å². The maximum absolute atomic E-state index is 12.1. The van der Waals surface area contributed by atoms with Crippen LogP contribution in [0, 0.1) is 0 Å². The Balaban J connectivity index is 2.23. The number of pyridine rings is 1. The minimum Gasteiger partial charge on any atom is -0.479 e. The molecule has 5 nitrogen and oxygen atoms in total. The Morgan fingerprint density at radius 1 is 1.19 bits per heavy atom. The van der Waals surface area contributed by atoms with Crippen molar-refractivity contribution in [2.75, 3.05) is 0 Å². The van der Waals surface area contributed by atoms with E-state index in [2.05, 4.69) is 10.3 Å². The molecule has 0 aliphatic heterocycles. The third-order valence-electron chi connectivity index (χ3n) is 2.71. The molecule has 0 radical (unpaired) electrons. The Hall–Kier alpha value is -2.11.